The molecule has 1 rings (SSSR count). The van der Waals surface area contributed by atoms with E-state index < -0.39 is 27.7 Å². The van der Waals surface area contributed by atoms with Crippen molar-refractivity contribution in [3.63, 3.8) is 0 Å². The van der Waals surface area contributed by atoms with Crippen molar-refractivity contribution in [2.45, 2.75) is 64.7 Å². The van der Waals surface area contributed by atoms with Gasteiger partial charge in [-0.05, 0) is 25.8 Å². The third kappa shape index (κ3) is 7.12. The van der Waals surface area contributed by atoms with E-state index in [1.165, 1.54) is 5.48 Å². The number of nitrogens with one attached hydrogen (secondary N) is 1. The monoisotopic (exact) mass is 400 g/mol. The highest BCUT2D eigenvalue weighted by atomic mass is 32.2. The summed E-state index contributed by atoms with van der Waals surface area (Å²) in [4.78, 5) is 11.8. The van der Waals surface area contributed by atoms with Crippen LogP contribution in [0.3, 0.4) is 0 Å². The molecule has 0 saturated carbocycles. The summed E-state index contributed by atoms with van der Waals surface area (Å²) in [6, 6.07) is 7.17. The van der Waals surface area contributed by atoms with Crippen LogP contribution in [-0.4, -0.2) is 42.2 Å². The molecule has 2 N–H and O–H groups in total. The van der Waals surface area contributed by atoms with E-state index in [9.17, 15) is 13.2 Å². The summed E-state index contributed by atoms with van der Waals surface area (Å²) in [6.07, 6.45) is 3.53. The van der Waals surface area contributed by atoms with Gasteiger partial charge in [-0.1, -0.05) is 51.3 Å². The van der Waals surface area contributed by atoms with Gasteiger partial charge < -0.3 is 4.74 Å². The molecule has 8 heteroatoms. The Bertz CT molecular complexity index is 678. The average Bonchev–Trinajstić information content (AvgIpc) is 2.65. The Labute approximate surface area is 162 Å². The number of carbonyl (C=O) groups is 1. The average molecular weight is 401 g/mol. The highest BCUT2D eigenvalue weighted by molar-refractivity contribution is 7.89. The number of benzene rings is 1. The number of amides is 1. The molecule has 0 saturated heterocycles. The third-order valence-corrected chi connectivity index (χ3v) is 6.63. The van der Waals surface area contributed by atoms with E-state index in [4.69, 9.17) is 9.94 Å². The minimum Gasteiger partial charge on any atom is -0.494 e. The first kappa shape index (κ1) is 23.4. The van der Waals surface area contributed by atoms with Gasteiger partial charge in [0.05, 0.1) is 18.4 Å². The van der Waals surface area contributed by atoms with Gasteiger partial charge in [0.2, 0.25) is 10.0 Å². The van der Waals surface area contributed by atoms with Gasteiger partial charge in [0.25, 0.3) is 5.91 Å². The largest absolute Gasteiger partial charge is 0.494 e. The van der Waals surface area contributed by atoms with Gasteiger partial charge in [-0.25, -0.2) is 13.9 Å². The lowest BCUT2D eigenvalue weighted by Gasteiger charge is -2.27. The van der Waals surface area contributed by atoms with E-state index in [1.54, 1.807) is 18.2 Å². The number of hydrogen-bond acceptors (Lipinski definition) is 5. The van der Waals surface area contributed by atoms with Crippen molar-refractivity contribution in [3.05, 3.63) is 29.8 Å². The molecule has 0 heterocycles. The van der Waals surface area contributed by atoms with Crippen LogP contribution in [0.15, 0.2) is 24.3 Å². The number of hydrogen-bond donors (Lipinski definition) is 2. The molecule has 0 aliphatic rings. The summed E-state index contributed by atoms with van der Waals surface area (Å²) >= 11 is 0. The molecule has 1 atom stereocenters. The maximum Gasteiger partial charge on any atom is 0.258 e. The molecule has 0 spiro atoms. The summed E-state index contributed by atoms with van der Waals surface area (Å²) in [7, 11) is -3.73. The van der Waals surface area contributed by atoms with Crippen LogP contribution in [0.1, 0.15) is 58.4 Å². The molecule has 1 amide bonds. The molecule has 0 aliphatic carbocycles. The Morgan fingerprint density at radius 1 is 1.19 bits per heavy atom. The van der Waals surface area contributed by atoms with E-state index in [0.717, 1.165) is 23.6 Å². The standard InChI is InChI=1S/C19H32N2O5S/c1-4-7-12-17(10-5-2)27(24,25)21(15-19(22)20-23)14-16-11-8-9-13-18(16)26-6-3/h8-9,11,13,17,23H,4-7,10,12,14-15H2,1-3H3,(H,20,22). The lowest BCUT2D eigenvalue weighted by Crippen LogP contribution is -2.43. The number of sulfonamides is 1. The number of rotatable bonds is 13. The normalized spacial score (nSPS) is 12.8. The zero-order valence-corrected chi connectivity index (χ0v) is 17.3. The van der Waals surface area contributed by atoms with E-state index in [1.807, 2.05) is 26.8 Å². The van der Waals surface area contributed by atoms with Crippen LogP contribution in [0.2, 0.25) is 0 Å². The van der Waals surface area contributed by atoms with Crippen molar-refractivity contribution in [2.24, 2.45) is 0 Å². The van der Waals surface area contributed by atoms with Gasteiger partial charge in [0.1, 0.15) is 5.75 Å². The number of para-hydroxylation sites is 1. The van der Waals surface area contributed by atoms with Crippen LogP contribution in [0.4, 0.5) is 0 Å². The molecule has 154 valence electrons. The number of carbonyl (C=O) groups excluding carboxylic acids is 1. The van der Waals surface area contributed by atoms with Gasteiger partial charge in [0, 0.05) is 12.1 Å². The maximum atomic E-state index is 13.3. The van der Waals surface area contributed by atoms with Crippen LogP contribution in [0.5, 0.6) is 5.75 Å². The number of hydroxylamine groups is 1. The van der Waals surface area contributed by atoms with Crippen molar-refractivity contribution in [2.75, 3.05) is 13.2 Å². The molecule has 1 aromatic carbocycles. The van der Waals surface area contributed by atoms with E-state index in [-0.39, 0.29) is 6.54 Å². The fourth-order valence-corrected chi connectivity index (χ4v) is 4.99. The van der Waals surface area contributed by atoms with Gasteiger partial charge in [0.15, 0.2) is 0 Å². The Balaban J connectivity index is 3.20. The van der Waals surface area contributed by atoms with Gasteiger partial charge in [-0.15, -0.1) is 0 Å². The van der Waals surface area contributed by atoms with Gasteiger partial charge in [-0.2, -0.15) is 4.31 Å². The van der Waals surface area contributed by atoms with Gasteiger partial charge in [-0.3, -0.25) is 10.0 Å². The van der Waals surface area contributed by atoms with Crippen LogP contribution < -0.4 is 10.2 Å². The number of ether oxygens (including phenoxy) is 1. The van der Waals surface area contributed by atoms with Crippen molar-refractivity contribution in [1.29, 1.82) is 0 Å². The molecule has 7 nitrogen and oxygen atoms in total. The zero-order valence-electron chi connectivity index (χ0n) is 16.5. The number of nitrogens with zero attached hydrogens (tertiary/aromatic N) is 1. The molecule has 0 bridgehead atoms. The molecular formula is C19H32N2O5S. The van der Waals surface area contributed by atoms with Crippen LogP contribution in [0.25, 0.3) is 0 Å². The second-order valence-corrected chi connectivity index (χ2v) is 8.65. The van der Waals surface area contributed by atoms with E-state index in [0.29, 0.717) is 30.8 Å². The molecule has 0 radical (unpaired) electrons. The van der Waals surface area contributed by atoms with Crippen molar-refractivity contribution < 1.29 is 23.2 Å². The molecule has 1 aromatic rings. The SMILES string of the molecule is CCCCC(CCC)S(=O)(=O)N(CC(=O)NO)Cc1ccccc1OCC. The quantitative estimate of drug-likeness (QED) is 0.392. The third-order valence-electron chi connectivity index (χ3n) is 4.34. The lowest BCUT2D eigenvalue weighted by atomic mass is 10.1. The Hall–Kier alpha value is -1.64. The highest BCUT2D eigenvalue weighted by Crippen LogP contribution is 2.25. The second kappa shape index (κ2) is 11.9. The molecule has 0 aromatic heterocycles. The summed E-state index contributed by atoms with van der Waals surface area (Å²) in [5.41, 5.74) is 2.21. The summed E-state index contributed by atoms with van der Waals surface area (Å²) in [5.74, 6) is -0.177. The Kier molecular flexibility index (Phi) is 10.4. The number of unbranched alkanes of at least 4 members (excludes halogenated alkanes) is 1. The Morgan fingerprint density at radius 2 is 1.89 bits per heavy atom. The molecule has 1 unspecified atom stereocenters. The molecule has 27 heavy (non-hydrogen) atoms. The van der Waals surface area contributed by atoms with Crippen LogP contribution >= 0.6 is 0 Å². The van der Waals surface area contributed by atoms with E-state index in [2.05, 4.69) is 0 Å². The second-order valence-electron chi connectivity index (χ2n) is 6.44. The smallest absolute Gasteiger partial charge is 0.258 e. The molecule has 0 aliphatic heterocycles. The first-order valence-corrected chi connectivity index (χ1v) is 11.0. The Morgan fingerprint density at radius 3 is 2.48 bits per heavy atom. The summed E-state index contributed by atoms with van der Waals surface area (Å²) < 4.78 is 33.3. The maximum absolute atomic E-state index is 13.3. The minimum atomic E-state index is -3.73. The summed E-state index contributed by atoms with van der Waals surface area (Å²) in [6.45, 7) is 5.85. The van der Waals surface area contributed by atoms with Crippen molar-refractivity contribution in [3.8, 4) is 5.75 Å². The molecule has 0 fully saturated rings. The predicted molar refractivity (Wildman–Crippen MR) is 105 cm³/mol. The zero-order chi connectivity index (χ0) is 20.3. The van der Waals surface area contributed by atoms with E-state index >= 15 is 0 Å². The topological polar surface area (TPSA) is 95.9 Å². The summed E-state index contributed by atoms with van der Waals surface area (Å²) in [5, 5.41) is 8.34. The minimum absolute atomic E-state index is 0.0122. The van der Waals surface area contributed by atoms with Crippen LogP contribution in [0, 0.1) is 0 Å². The first-order chi connectivity index (χ1) is 12.9. The fraction of sp³-hybridized carbons (Fsp3) is 0.632. The molecular weight excluding hydrogens is 368 g/mol. The van der Waals surface area contributed by atoms with Crippen molar-refractivity contribution in [1.82, 2.24) is 9.79 Å². The lowest BCUT2D eigenvalue weighted by molar-refractivity contribution is -0.129. The van der Waals surface area contributed by atoms with Crippen LogP contribution in [-0.2, 0) is 21.4 Å². The van der Waals surface area contributed by atoms with Gasteiger partial charge >= 0.3 is 0 Å². The fourth-order valence-electron chi connectivity index (χ4n) is 2.96. The predicted octanol–water partition coefficient (Wildman–Crippen LogP) is 3.08. The highest BCUT2D eigenvalue weighted by Gasteiger charge is 2.33. The van der Waals surface area contributed by atoms with Crippen molar-refractivity contribution >= 4 is 15.9 Å². The first-order valence-electron chi connectivity index (χ1n) is 9.53.